The lowest BCUT2D eigenvalue weighted by Gasteiger charge is -2.27. The van der Waals surface area contributed by atoms with Crippen LogP contribution in [0.25, 0.3) is 0 Å². The molecule has 2 rings (SSSR count). The summed E-state index contributed by atoms with van der Waals surface area (Å²) in [5, 5.41) is 3.87. The molecule has 7 heteroatoms. The van der Waals surface area contributed by atoms with Crippen LogP contribution in [-0.2, 0) is 19.0 Å². The van der Waals surface area contributed by atoms with Crippen LogP contribution < -0.4 is 0 Å². The van der Waals surface area contributed by atoms with Gasteiger partial charge in [0.25, 0.3) is 10.1 Å². The predicted molar refractivity (Wildman–Crippen MR) is 58.9 cm³/mol. The van der Waals surface area contributed by atoms with E-state index in [0.29, 0.717) is 30.9 Å². The molecule has 1 aliphatic rings. The van der Waals surface area contributed by atoms with Crippen LogP contribution in [0.15, 0.2) is 10.6 Å². The van der Waals surface area contributed by atoms with Crippen LogP contribution in [0.5, 0.6) is 0 Å². The van der Waals surface area contributed by atoms with Gasteiger partial charge in [0.05, 0.1) is 19.0 Å². The highest BCUT2D eigenvalue weighted by molar-refractivity contribution is 7.86. The van der Waals surface area contributed by atoms with Crippen LogP contribution in [0.3, 0.4) is 0 Å². The fourth-order valence-electron chi connectivity index (χ4n) is 1.84. The molecule has 1 aromatic rings. The van der Waals surface area contributed by atoms with Crippen LogP contribution in [0, 0.1) is 6.92 Å². The van der Waals surface area contributed by atoms with Gasteiger partial charge in [0.1, 0.15) is 17.6 Å². The van der Waals surface area contributed by atoms with Crippen molar-refractivity contribution in [3.63, 3.8) is 0 Å². The van der Waals surface area contributed by atoms with Crippen molar-refractivity contribution < 1.29 is 21.9 Å². The molecule has 0 saturated carbocycles. The molecule has 0 aliphatic carbocycles. The third-order valence-electron chi connectivity index (χ3n) is 2.52. The summed E-state index contributed by atoms with van der Waals surface area (Å²) in [4.78, 5) is 0. The Kier molecular flexibility index (Phi) is 3.50. The average molecular weight is 261 g/mol. The Morgan fingerprint density at radius 2 is 2.29 bits per heavy atom. The van der Waals surface area contributed by atoms with Gasteiger partial charge in [-0.1, -0.05) is 5.16 Å². The van der Waals surface area contributed by atoms with Crippen molar-refractivity contribution in [2.24, 2.45) is 0 Å². The molecule has 17 heavy (non-hydrogen) atoms. The molecule has 1 aromatic heterocycles. The number of aryl methyl sites for hydroxylation is 1. The van der Waals surface area contributed by atoms with Crippen molar-refractivity contribution in [1.82, 2.24) is 5.16 Å². The first-order valence-electron chi connectivity index (χ1n) is 5.37. The maximum atomic E-state index is 11.0. The molecule has 1 saturated heterocycles. The Labute approximate surface area is 100 Å². The van der Waals surface area contributed by atoms with Gasteiger partial charge in [0.15, 0.2) is 0 Å². The van der Waals surface area contributed by atoms with Gasteiger partial charge in [0, 0.05) is 12.5 Å². The van der Waals surface area contributed by atoms with Gasteiger partial charge in [-0.2, -0.15) is 8.42 Å². The van der Waals surface area contributed by atoms with Crippen LogP contribution in [0.4, 0.5) is 0 Å². The summed E-state index contributed by atoms with van der Waals surface area (Å²) in [5.41, 5.74) is 0.685. The first-order chi connectivity index (χ1) is 7.94. The van der Waals surface area contributed by atoms with Gasteiger partial charge >= 0.3 is 0 Å². The summed E-state index contributed by atoms with van der Waals surface area (Å²) in [6.45, 7) is 2.25. The van der Waals surface area contributed by atoms with Crippen molar-refractivity contribution >= 4 is 10.1 Å². The van der Waals surface area contributed by atoms with E-state index in [-0.39, 0.29) is 12.2 Å². The van der Waals surface area contributed by atoms with Gasteiger partial charge in [-0.05, 0) is 13.3 Å². The second kappa shape index (κ2) is 4.75. The number of rotatable bonds is 3. The first-order valence-corrected chi connectivity index (χ1v) is 7.19. The fourth-order valence-corrected chi connectivity index (χ4v) is 2.51. The normalized spacial score (nSPS) is 26.0. The van der Waals surface area contributed by atoms with Gasteiger partial charge in [-0.15, -0.1) is 0 Å². The summed E-state index contributed by atoms with van der Waals surface area (Å²) in [6, 6.07) is 1.79. The van der Waals surface area contributed by atoms with Crippen molar-refractivity contribution in [1.29, 1.82) is 0 Å². The Bertz CT molecular complexity index is 481. The summed E-state index contributed by atoms with van der Waals surface area (Å²) in [7, 11) is -3.42. The van der Waals surface area contributed by atoms with E-state index >= 15 is 0 Å². The van der Waals surface area contributed by atoms with Crippen molar-refractivity contribution in [3.05, 3.63) is 17.5 Å². The smallest absolute Gasteiger partial charge is 0.264 e. The minimum atomic E-state index is -3.42. The summed E-state index contributed by atoms with van der Waals surface area (Å²) < 4.78 is 37.6. The van der Waals surface area contributed by atoms with Crippen LogP contribution in [0.2, 0.25) is 0 Å². The molecule has 0 N–H and O–H groups in total. The Morgan fingerprint density at radius 3 is 2.88 bits per heavy atom. The van der Waals surface area contributed by atoms with E-state index in [2.05, 4.69) is 5.16 Å². The second-order valence-corrected chi connectivity index (χ2v) is 5.77. The van der Waals surface area contributed by atoms with Gasteiger partial charge in [-0.3, -0.25) is 4.18 Å². The molecule has 2 atom stereocenters. The summed E-state index contributed by atoms with van der Waals surface area (Å²) in [6.07, 6.45) is 1.49. The van der Waals surface area contributed by atoms with Crippen molar-refractivity contribution in [3.8, 4) is 0 Å². The molecule has 0 spiro atoms. The predicted octanol–water partition coefficient (Wildman–Crippen LogP) is 1.18. The number of hydrogen-bond donors (Lipinski definition) is 0. The maximum absolute atomic E-state index is 11.0. The van der Waals surface area contributed by atoms with E-state index in [0.717, 1.165) is 6.26 Å². The molecule has 2 heterocycles. The SMILES string of the molecule is Cc1cc(C2CC(OS(C)(=O)=O)CCO2)no1. The molecule has 2 unspecified atom stereocenters. The average Bonchev–Trinajstić information content (AvgIpc) is 2.63. The maximum Gasteiger partial charge on any atom is 0.264 e. The molecule has 96 valence electrons. The molecule has 0 aromatic carbocycles. The molecule has 0 bridgehead atoms. The number of aromatic nitrogens is 1. The van der Waals surface area contributed by atoms with E-state index < -0.39 is 10.1 Å². The number of hydrogen-bond acceptors (Lipinski definition) is 6. The molecule has 0 amide bonds. The number of nitrogens with zero attached hydrogens (tertiary/aromatic N) is 1. The molecular weight excluding hydrogens is 246 g/mol. The highest BCUT2D eigenvalue weighted by Gasteiger charge is 2.28. The van der Waals surface area contributed by atoms with E-state index in [4.69, 9.17) is 13.4 Å². The summed E-state index contributed by atoms with van der Waals surface area (Å²) >= 11 is 0. The third-order valence-corrected chi connectivity index (χ3v) is 3.14. The van der Waals surface area contributed by atoms with Crippen molar-refractivity contribution in [2.45, 2.75) is 32.0 Å². The molecule has 1 fully saturated rings. The van der Waals surface area contributed by atoms with E-state index in [9.17, 15) is 8.42 Å². The van der Waals surface area contributed by atoms with Crippen LogP contribution in [-0.4, -0.2) is 32.5 Å². The Morgan fingerprint density at radius 1 is 1.53 bits per heavy atom. The molecular formula is C10H15NO5S. The van der Waals surface area contributed by atoms with E-state index in [1.807, 2.05) is 0 Å². The number of ether oxygens (including phenoxy) is 1. The lowest BCUT2D eigenvalue weighted by Crippen LogP contribution is -2.28. The topological polar surface area (TPSA) is 78.6 Å². The van der Waals surface area contributed by atoms with E-state index in [1.54, 1.807) is 13.0 Å². The lowest BCUT2D eigenvalue weighted by atomic mass is 10.0. The Hall–Kier alpha value is -0.920. The minimum Gasteiger partial charge on any atom is -0.372 e. The lowest BCUT2D eigenvalue weighted by molar-refractivity contribution is -0.0373. The third kappa shape index (κ3) is 3.52. The summed E-state index contributed by atoms with van der Waals surface area (Å²) in [5.74, 6) is 0.703. The first kappa shape index (κ1) is 12.5. The highest BCUT2D eigenvalue weighted by Crippen LogP contribution is 2.29. The van der Waals surface area contributed by atoms with Gasteiger partial charge in [0.2, 0.25) is 0 Å². The zero-order valence-electron chi connectivity index (χ0n) is 9.75. The monoisotopic (exact) mass is 261 g/mol. The van der Waals surface area contributed by atoms with Crippen molar-refractivity contribution in [2.75, 3.05) is 12.9 Å². The second-order valence-electron chi connectivity index (χ2n) is 4.17. The van der Waals surface area contributed by atoms with Crippen LogP contribution >= 0.6 is 0 Å². The van der Waals surface area contributed by atoms with Gasteiger partial charge in [-0.25, -0.2) is 0 Å². The Balaban J connectivity index is 2.02. The minimum absolute atomic E-state index is 0.257. The fraction of sp³-hybridized carbons (Fsp3) is 0.700. The van der Waals surface area contributed by atoms with E-state index in [1.165, 1.54) is 0 Å². The molecule has 0 radical (unpaired) electrons. The highest BCUT2D eigenvalue weighted by atomic mass is 32.2. The van der Waals surface area contributed by atoms with Gasteiger partial charge < -0.3 is 9.26 Å². The zero-order valence-corrected chi connectivity index (χ0v) is 10.6. The molecule has 6 nitrogen and oxygen atoms in total. The molecule has 1 aliphatic heterocycles. The van der Waals surface area contributed by atoms with Crippen LogP contribution in [0.1, 0.15) is 30.4 Å². The quantitative estimate of drug-likeness (QED) is 0.760. The largest absolute Gasteiger partial charge is 0.372 e. The zero-order chi connectivity index (χ0) is 12.5. The standard InChI is InChI=1S/C10H15NO5S/c1-7-5-9(11-15-7)10-6-8(3-4-14-10)16-17(2,12)13/h5,8,10H,3-4,6H2,1-2H3.